The largest absolute Gasteiger partial charge is 0.497 e. The Morgan fingerprint density at radius 1 is 1.04 bits per heavy atom. The number of carbonyl (C=O) groups is 4. The van der Waals surface area contributed by atoms with Crippen LogP contribution in [0, 0.1) is 11.8 Å². The van der Waals surface area contributed by atoms with Crippen molar-refractivity contribution in [2.24, 2.45) is 11.8 Å². The van der Waals surface area contributed by atoms with E-state index in [1.54, 1.807) is 24.3 Å². The number of methoxy groups -OCH3 is 1. The van der Waals surface area contributed by atoms with E-state index in [1.807, 2.05) is 12.2 Å². The van der Waals surface area contributed by atoms with Crippen molar-refractivity contribution in [1.82, 2.24) is 4.90 Å². The van der Waals surface area contributed by atoms with Crippen molar-refractivity contribution in [2.45, 2.75) is 12.8 Å². The summed E-state index contributed by atoms with van der Waals surface area (Å²) in [6.07, 6.45) is 4.77. The van der Waals surface area contributed by atoms with Gasteiger partial charge in [-0.3, -0.25) is 24.1 Å². The van der Waals surface area contributed by atoms with Crippen molar-refractivity contribution in [3.05, 3.63) is 42.0 Å². The maximum absolute atomic E-state index is 12.3. The number of esters is 1. The first-order valence-corrected chi connectivity index (χ1v) is 8.34. The average Bonchev–Trinajstić information content (AvgIpc) is 2.91. The van der Waals surface area contributed by atoms with Crippen molar-refractivity contribution in [1.29, 1.82) is 0 Å². The lowest BCUT2D eigenvalue weighted by Gasteiger charge is -2.14. The minimum atomic E-state index is -0.778. The van der Waals surface area contributed by atoms with Gasteiger partial charge in [-0.05, 0) is 37.1 Å². The number of Topliss-reactive ketones (excluding diaryl/α,β-unsaturated/α-hetero) is 1. The first kappa shape index (κ1) is 17.8. The van der Waals surface area contributed by atoms with Crippen LogP contribution in [0.5, 0.6) is 5.75 Å². The lowest BCUT2D eigenvalue weighted by molar-refractivity contribution is -0.152. The Labute approximate surface area is 150 Å². The van der Waals surface area contributed by atoms with Crippen LogP contribution in [-0.4, -0.2) is 48.7 Å². The third-order valence-corrected chi connectivity index (χ3v) is 4.66. The topological polar surface area (TPSA) is 90.0 Å². The molecule has 0 aromatic heterocycles. The van der Waals surface area contributed by atoms with E-state index in [0.717, 1.165) is 4.90 Å². The van der Waals surface area contributed by atoms with Crippen LogP contribution in [0.1, 0.15) is 23.2 Å². The molecule has 1 saturated heterocycles. The number of imide groups is 1. The molecule has 0 bridgehead atoms. The van der Waals surface area contributed by atoms with Gasteiger partial charge >= 0.3 is 5.97 Å². The van der Waals surface area contributed by atoms with Crippen LogP contribution >= 0.6 is 0 Å². The molecule has 1 aliphatic carbocycles. The van der Waals surface area contributed by atoms with Gasteiger partial charge in [0.2, 0.25) is 11.8 Å². The first-order valence-electron chi connectivity index (χ1n) is 8.34. The number of ether oxygens (including phenoxy) is 2. The molecule has 0 spiro atoms. The second-order valence-corrected chi connectivity index (χ2v) is 6.23. The molecule has 26 heavy (non-hydrogen) atoms. The standard InChI is InChI=1S/C19H19NO6/c1-25-13-8-6-12(7-9-13)16(21)11-26-17(22)10-20-18(23)14-4-2-3-5-15(14)19(20)24/h2-3,6-9,14-15H,4-5,10-11H2,1H3/t14-,15-/m0/s1. The van der Waals surface area contributed by atoms with Gasteiger partial charge in [-0.1, -0.05) is 12.2 Å². The summed E-state index contributed by atoms with van der Waals surface area (Å²) in [5.41, 5.74) is 0.379. The van der Waals surface area contributed by atoms with Gasteiger partial charge < -0.3 is 9.47 Å². The molecule has 1 aromatic rings. The number of nitrogens with zero attached hydrogens (tertiary/aromatic N) is 1. The molecule has 1 heterocycles. The molecule has 1 aliphatic heterocycles. The highest BCUT2D eigenvalue weighted by molar-refractivity contribution is 6.07. The van der Waals surface area contributed by atoms with Crippen LogP contribution in [0.25, 0.3) is 0 Å². The normalized spacial score (nSPS) is 21.5. The second-order valence-electron chi connectivity index (χ2n) is 6.23. The Balaban J connectivity index is 1.53. The molecule has 0 radical (unpaired) electrons. The predicted octanol–water partition coefficient (Wildman–Crippen LogP) is 1.37. The minimum absolute atomic E-state index is 0.345. The number of hydrogen-bond acceptors (Lipinski definition) is 6. The molecular formula is C19H19NO6. The van der Waals surface area contributed by atoms with Gasteiger partial charge in [0.15, 0.2) is 12.4 Å². The summed E-state index contributed by atoms with van der Waals surface area (Å²) in [4.78, 5) is 49.5. The Hall–Kier alpha value is -2.96. The van der Waals surface area contributed by atoms with Crippen LogP contribution in [0.2, 0.25) is 0 Å². The van der Waals surface area contributed by atoms with Crippen molar-refractivity contribution in [2.75, 3.05) is 20.3 Å². The number of fused-ring (bicyclic) bond motifs is 1. The van der Waals surface area contributed by atoms with Crippen molar-refractivity contribution in [3.8, 4) is 5.75 Å². The molecule has 1 fully saturated rings. The highest BCUT2D eigenvalue weighted by Crippen LogP contribution is 2.34. The summed E-state index contributed by atoms with van der Waals surface area (Å²) in [6.45, 7) is -0.906. The third-order valence-electron chi connectivity index (χ3n) is 4.66. The zero-order valence-corrected chi connectivity index (χ0v) is 14.3. The Morgan fingerprint density at radius 3 is 2.15 bits per heavy atom. The van der Waals surface area contributed by atoms with Gasteiger partial charge in [0.25, 0.3) is 0 Å². The SMILES string of the molecule is COc1ccc(C(=O)COC(=O)CN2C(=O)[C@H]3CC=CC[C@@H]3C2=O)cc1. The van der Waals surface area contributed by atoms with Gasteiger partial charge in [0.05, 0.1) is 18.9 Å². The van der Waals surface area contributed by atoms with Crippen LogP contribution in [0.4, 0.5) is 0 Å². The zero-order chi connectivity index (χ0) is 18.7. The fourth-order valence-corrected chi connectivity index (χ4v) is 3.21. The summed E-state index contributed by atoms with van der Waals surface area (Å²) in [5.74, 6) is -2.01. The molecule has 0 N–H and O–H groups in total. The van der Waals surface area contributed by atoms with Crippen molar-refractivity contribution >= 4 is 23.6 Å². The number of carbonyl (C=O) groups excluding carboxylic acids is 4. The van der Waals surface area contributed by atoms with Gasteiger partial charge in [-0.15, -0.1) is 0 Å². The van der Waals surface area contributed by atoms with E-state index in [2.05, 4.69) is 0 Å². The molecule has 7 nitrogen and oxygen atoms in total. The summed E-state index contributed by atoms with van der Waals surface area (Å²) in [5, 5.41) is 0. The Bertz CT molecular complexity index is 741. The lowest BCUT2D eigenvalue weighted by atomic mass is 9.85. The molecule has 136 valence electrons. The lowest BCUT2D eigenvalue weighted by Crippen LogP contribution is -2.37. The smallest absolute Gasteiger partial charge is 0.326 e. The van der Waals surface area contributed by atoms with Crippen LogP contribution in [-0.2, 0) is 19.1 Å². The summed E-state index contributed by atoms with van der Waals surface area (Å²) in [7, 11) is 1.52. The van der Waals surface area contributed by atoms with E-state index in [4.69, 9.17) is 9.47 Å². The molecule has 3 rings (SSSR count). The maximum Gasteiger partial charge on any atom is 0.326 e. The minimum Gasteiger partial charge on any atom is -0.497 e. The number of allylic oxidation sites excluding steroid dienone is 2. The molecule has 0 saturated carbocycles. The maximum atomic E-state index is 12.3. The molecule has 7 heteroatoms. The fourth-order valence-electron chi connectivity index (χ4n) is 3.21. The van der Waals surface area contributed by atoms with Gasteiger partial charge in [-0.2, -0.15) is 0 Å². The number of ketones is 1. The number of benzene rings is 1. The van der Waals surface area contributed by atoms with Crippen LogP contribution in [0.15, 0.2) is 36.4 Å². The van der Waals surface area contributed by atoms with E-state index in [-0.39, 0.29) is 29.4 Å². The number of hydrogen-bond donors (Lipinski definition) is 0. The zero-order valence-electron chi connectivity index (χ0n) is 14.3. The summed E-state index contributed by atoms with van der Waals surface area (Å²) >= 11 is 0. The molecule has 0 unspecified atom stereocenters. The van der Waals surface area contributed by atoms with Gasteiger partial charge in [0.1, 0.15) is 12.3 Å². The summed E-state index contributed by atoms with van der Waals surface area (Å²) < 4.78 is 9.96. The molecular weight excluding hydrogens is 338 g/mol. The Morgan fingerprint density at radius 2 is 1.62 bits per heavy atom. The van der Waals surface area contributed by atoms with E-state index in [0.29, 0.717) is 24.2 Å². The van der Waals surface area contributed by atoms with Crippen LogP contribution < -0.4 is 4.74 Å². The second kappa shape index (κ2) is 7.51. The molecule has 2 aliphatic rings. The highest BCUT2D eigenvalue weighted by atomic mass is 16.5. The third kappa shape index (κ3) is 3.51. The monoisotopic (exact) mass is 357 g/mol. The molecule has 1 aromatic carbocycles. The first-order chi connectivity index (χ1) is 12.5. The van der Waals surface area contributed by atoms with E-state index in [9.17, 15) is 19.2 Å². The summed E-state index contributed by atoms with van der Waals surface area (Å²) in [6, 6.07) is 6.40. The quantitative estimate of drug-likeness (QED) is 0.331. The highest BCUT2D eigenvalue weighted by Gasteiger charge is 2.47. The van der Waals surface area contributed by atoms with Crippen molar-refractivity contribution < 1.29 is 28.7 Å². The molecule has 2 amide bonds. The van der Waals surface area contributed by atoms with E-state index < -0.39 is 19.1 Å². The van der Waals surface area contributed by atoms with Gasteiger partial charge in [-0.25, -0.2) is 0 Å². The average molecular weight is 357 g/mol. The van der Waals surface area contributed by atoms with Crippen molar-refractivity contribution in [3.63, 3.8) is 0 Å². The van der Waals surface area contributed by atoms with Crippen LogP contribution in [0.3, 0.4) is 0 Å². The Kier molecular flexibility index (Phi) is 5.16. The van der Waals surface area contributed by atoms with E-state index in [1.165, 1.54) is 7.11 Å². The van der Waals surface area contributed by atoms with E-state index >= 15 is 0 Å². The number of rotatable bonds is 6. The fraction of sp³-hybridized carbons (Fsp3) is 0.368. The van der Waals surface area contributed by atoms with Gasteiger partial charge in [0, 0.05) is 5.56 Å². The number of amides is 2. The number of likely N-dealkylation sites (tertiary alicyclic amines) is 1. The molecule has 2 atom stereocenters. The predicted molar refractivity (Wildman–Crippen MR) is 90.4 cm³/mol.